The number of aliphatic hydroxyl groups is 1. The van der Waals surface area contributed by atoms with Gasteiger partial charge in [0.05, 0.1) is 24.2 Å². The number of β-amino-alcohol motifs (C(OH)–C–C–N with tert-alkyl or cyclic N) is 1. The van der Waals surface area contributed by atoms with E-state index in [0.29, 0.717) is 28.8 Å². The highest BCUT2D eigenvalue weighted by molar-refractivity contribution is 6.32. The van der Waals surface area contributed by atoms with Crippen LogP contribution in [0.25, 0.3) is 0 Å². The third-order valence-corrected chi connectivity index (χ3v) is 4.78. The van der Waals surface area contributed by atoms with Crippen molar-refractivity contribution in [3.63, 3.8) is 0 Å². The summed E-state index contributed by atoms with van der Waals surface area (Å²) in [4.78, 5) is 25.1. The Morgan fingerprint density at radius 3 is 2.72 bits per heavy atom. The van der Waals surface area contributed by atoms with Gasteiger partial charge >= 0.3 is 5.97 Å². The van der Waals surface area contributed by atoms with Crippen LogP contribution >= 0.6 is 11.6 Å². The number of carbonyl (C=O) groups is 2. The van der Waals surface area contributed by atoms with Crippen molar-refractivity contribution >= 4 is 29.2 Å². The molecule has 154 valence electrons. The average Bonchev–Trinajstić information content (AvgIpc) is 3.00. The molecule has 1 saturated heterocycles. The number of hydrogen-bond donors (Lipinski definition) is 3. The van der Waals surface area contributed by atoms with E-state index in [9.17, 15) is 14.7 Å². The van der Waals surface area contributed by atoms with Gasteiger partial charge in [0.15, 0.2) is 0 Å². The maximum absolute atomic E-state index is 12.3. The second-order valence-corrected chi connectivity index (χ2v) is 7.06. The molecule has 1 aliphatic heterocycles. The number of nitrogens with one attached hydrogen (secondary N) is 1. The standard InChI is InChI=1S/C20H21ClN2O6/c1-28-17-6-5-13(8-15(17)21)22-19(25)11-23-9-16(24)18(10-23)29-14-4-2-3-12(7-14)20(26)27/h2-8,16,18,24H,9-11H2,1H3,(H,22,25)(H,26,27)/t16-,18-/m1/s1. The first-order valence-corrected chi connectivity index (χ1v) is 9.27. The molecule has 0 saturated carbocycles. The summed E-state index contributed by atoms with van der Waals surface area (Å²) in [5.41, 5.74) is 0.642. The van der Waals surface area contributed by atoms with E-state index in [-0.39, 0.29) is 24.6 Å². The van der Waals surface area contributed by atoms with Crippen LogP contribution in [-0.4, -0.2) is 65.9 Å². The predicted molar refractivity (Wildman–Crippen MR) is 107 cm³/mol. The molecule has 1 heterocycles. The summed E-state index contributed by atoms with van der Waals surface area (Å²) >= 11 is 6.06. The van der Waals surface area contributed by atoms with Crippen molar-refractivity contribution in [3.8, 4) is 11.5 Å². The molecule has 3 N–H and O–H groups in total. The fraction of sp³-hybridized carbons (Fsp3) is 0.300. The predicted octanol–water partition coefficient (Wildman–Crippen LogP) is 2.11. The molecule has 0 aliphatic carbocycles. The quantitative estimate of drug-likeness (QED) is 0.629. The Morgan fingerprint density at radius 2 is 2.03 bits per heavy atom. The molecule has 2 aromatic rings. The fourth-order valence-corrected chi connectivity index (χ4v) is 3.36. The largest absolute Gasteiger partial charge is 0.495 e. The zero-order valence-electron chi connectivity index (χ0n) is 15.7. The molecule has 9 heteroatoms. The maximum atomic E-state index is 12.3. The number of nitrogens with zero attached hydrogens (tertiary/aromatic N) is 1. The summed E-state index contributed by atoms with van der Waals surface area (Å²) in [5.74, 6) is -0.446. The first-order chi connectivity index (χ1) is 13.9. The molecule has 0 unspecified atom stereocenters. The summed E-state index contributed by atoms with van der Waals surface area (Å²) < 4.78 is 10.8. The number of hydrogen-bond acceptors (Lipinski definition) is 6. The highest BCUT2D eigenvalue weighted by Gasteiger charge is 2.34. The number of ether oxygens (including phenoxy) is 2. The minimum absolute atomic E-state index is 0.0652. The van der Waals surface area contributed by atoms with Gasteiger partial charge in [-0.1, -0.05) is 17.7 Å². The minimum Gasteiger partial charge on any atom is -0.495 e. The van der Waals surface area contributed by atoms with Crippen molar-refractivity contribution in [1.29, 1.82) is 0 Å². The van der Waals surface area contributed by atoms with Gasteiger partial charge in [-0.3, -0.25) is 9.69 Å². The first-order valence-electron chi connectivity index (χ1n) is 8.89. The fourth-order valence-electron chi connectivity index (χ4n) is 3.10. The minimum atomic E-state index is -1.06. The van der Waals surface area contributed by atoms with Crippen molar-refractivity contribution < 1.29 is 29.3 Å². The number of amides is 1. The van der Waals surface area contributed by atoms with E-state index in [1.165, 1.54) is 19.2 Å². The lowest BCUT2D eigenvalue weighted by Crippen LogP contribution is -2.33. The number of benzene rings is 2. The van der Waals surface area contributed by atoms with E-state index in [4.69, 9.17) is 26.2 Å². The van der Waals surface area contributed by atoms with E-state index in [1.54, 1.807) is 35.2 Å². The smallest absolute Gasteiger partial charge is 0.335 e. The molecular formula is C20H21ClN2O6. The van der Waals surface area contributed by atoms with Crippen molar-refractivity contribution in [3.05, 3.63) is 53.1 Å². The monoisotopic (exact) mass is 420 g/mol. The number of aliphatic hydroxyl groups excluding tert-OH is 1. The number of rotatable bonds is 7. The molecule has 1 fully saturated rings. The van der Waals surface area contributed by atoms with Gasteiger partial charge in [-0.15, -0.1) is 0 Å². The average molecular weight is 421 g/mol. The Labute approximate surface area is 172 Å². The summed E-state index contributed by atoms with van der Waals surface area (Å²) in [6.45, 7) is 0.658. The van der Waals surface area contributed by atoms with Crippen molar-refractivity contribution in [1.82, 2.24) is 4.90 Å². The molecule has 1 amide bonds. The zero-order valence-corrected chi connectivity index (χ0v) is 16.4. The molecule has 0 aromatic heterocycles. The molecule has 2 atom stereocenters. The molecule has 0 bridgehead atoms. The van der Waals surface area contributed by atoms with Crippen molar-refractivity contribution in [2.45, 2.75) is 12.2 Å². The van der Waals surface area contributed by atoms with Crippen LogP contribution in [0.5, 0.6) is 11.5 Å². The molecule has 1 aliphatic rings. The molecule has 0 spiro atoms. The highest BCUT2D eigenvalue weighted by Crippen LogP contribution is 2.27. The number of halogens is 1. The second kappa shape index (κ2) is 9.13. The summed E-state index contributed by atoms with van der Waals surface area (Å²) in [6.07, 6.45) is -1.37. The summed E-state index contributed by atoms with van der Waals surface area (Å²) in [5, 5.41) is 22.4. The van der Waals surface area contributed by atoms with Gasteiger partial charge in [0.2, 0.25) is 5.91 Å². The summed E-state index contributed by atoms with van der Waals surface area (Å²) in [7, 11) is 1.51. The Kier molecular flexibility index (Phi) is 6.58. The number of carbonyl (C=O) groups excluding carboxylic acids is 1. The molecule has 8 nitrogen and oxygen atoms in total. The SMILES string of the molecule is COc1ccc(NC(=O)CN2C[C@@H](O)[C@H](Oc3cccc(C(=O)O)c3)C2)cc1Cl. The van der Waals surface area contributed by atoms with Crippen LogP contribution in [-0.2, 0) is 4.79 Å². The molecule has 3 rings (SSSR count). The Balaban J connectivity index is 1.55. The van der Waals surface area contributed by atoms with E-state index >= 15 is 0 Å². The van der Waals surface area contributed by atoms with Gasteiger partial charge in [-0.2, -0.15) is 0 Å². The van der Waals surface area contributed by atoms with Crippen LogP contribution in [0.15, 0.2) is 42.5 Å². The van der Waals surface area contributed by atoms with Crippen LogP contribution in [0, 0.1) is 0 Å². The summed E-state index contributed by atoms with van der Waals surface area (Å²) in [6, 6.07) is 11.0. The Hall–Kier alpha value is -2.81. The third-order valence-electron chi connectivity index (χ3n) is 4.48. The molecular weight excluding hydrogens is 400 g/mol. The van der Waals surface area contributed by atoms with Crippen molar-refractivity contribution in [2.75, 3.05) is 32.1 Å². The molecule has 29 heavy (non-hydrogen) atoms. The van der Waals surface area contributed by atoms with Gasteiger partial charge < -0.3 is 25.0 Å². The number of carboxylic acids is 1. The van der Waals surface area contributed by atoms with Crippen LogP contribution in [0.4, 0.5) is 5.69 Å². The van der Waals surface area contributed by atoms with Crippen LogP contribution in [0.3, 0.4) is 0 Å². The molecule has 2 aromatic carbocycles. The van der Waals surface area contributed by atoms with Gasteiger partial charge in [-0.25, -0.2) is 4.79 Å². The lowest BCUT2D eigenvalue weighted by molar-refractivity contribution is -0.117. The number of carboxylic acid groups (broad SMARTS) is 1. The van der Waals surface area contributed by atoms with E-state index in [0.717, 1.165) is 0 Å². The third kappa shape index (κ3) is 5.38. The lowest BCUT2D eigenvalue weighted by atomic mass is 10.2. The number of anilines is 1. The second-order valence-electron chi connectivity index (χ2n) is 6.65. The van der Waals surface area contributed by atoms with E-state index in [1.807, 2.05) is 0 Å². The van der Waals surface area contributed by atoms with Gasteiger partial charge in [0, 0.05) is 18.8 Å². The maximum Gasteiger partial charge on any atom is 0.335 e. The lowest BCUT2D eigenvalue weighted by Gasteiger charge is -2.17. The number of aromatic carboxylic acids is 1. The van der Waals surface area contributed by atoms with Gasteiger partial charge in [0.1, 0.15) is 23.7 Å². The topological polar surface area (TPSA) is 108 Å². The van der Waals surface area contributed by atoms with Crippen molar-refractivity contribution in [2.24, 2.45) is 0 Å². The van der Waals surface area contributed by atoms with Crippen LogP contribution in [0.1, 0.15) is 10.4 Å². The van der Waals surface area contributed by atoms with Crippen LogP contribution in [0.2, 0.25) is 5.02 Å². The van der Waals surface area contributed by atoms with Crippen LogP contribution < -0.4 is 14.8 Å². The number of likely N-dealkylation sites (tertiary alicyclic amines) is 1. The van der Waals surface area contributed by atoms with E-state index in [2.05, 4.69) is 5.32 Å². The number of methoxy groups -OCH3 is 1. The van der Waals surface area contributed by atoms with E-state index < -0.39 is 18.2 Å². The Morgan fingerprint density at radius 1 is 1.24 bits per heavy atom. The Bertz CT molecular complexity index is 906. The normalized spacial score (nSPS) is 19.0. The first kappa shape index (κ1) is 20.9. The highest BCUT2D eigenvalue weighted by atomic mass is 35.5. The molecule has 0 radical (unpaired) electrons. The zero-order chi connectivity index (χ0) is 21.0. The van der Waals surface area contributed by atoms with Gasteiger partial charge in [-0.05, 0) is 36.4 Å². The van der Waals surface area contributed by atoms with Gasteiger partial charge in [0.25, 0.3) is 0 Å².